The molecule has 0 aliphatic carbocycles. The molecule has 38 heavy (non-hydrogen) atoms. The number of hydrogen-bond acceptors (Lipinski definition) is 6. The smallest absolute Gasteiger partial charge is 0.333 e. The van der Waals surface area contributed by atoms with Crippen molar-refractivity contribution < 1.29 is 28.5 Å². The molecule has 2 rings (SSSR count). The zero-order valence-corrected chi connectivity index (χ0v) is 26.4. The molecule has 216 valence electrons. The summed E-state index contributed by atoms with van der Waals surface area (Å²) in [6.45, 7) is 17.4. The van der Waals surface area contributed by atoms with Crippen LogP contribution < -0.4 is 10.7 Å². The number of hydrazine groups is 1. The van der Waals surface area contributed by atoms with Gasteiger partial charge in [-0.2, -0.15) is 0 Å². The van der Waals surface area contributed by atoms with E-state index in [0.717, 1.165) is 11.6 Å². The molecule has 11 heteroatoms. The van der Waals surface area contributed by atoms with Crippen molar-refractivity contribution in [2.24, 2.45) is 0 Å². The predicted octanol–water partition coefficient (Wildman–Crippen LogP) is 4.39. The molecule has 1 aliphatic rings. The van der Waals surface area contributed by atoms with Crippen LogP contribution in [0.25, 0.3) is 0 Å². The van der Waals surface area contributed by atoms with Crippen molar-refractivity contribution in [3.63, 3.8) is 0 Å². The van der Waals surface area contributed by atoms with Crippen LogP contribution in [0.15, 0.2) is 30.3 Å². The van der Waals surface area contributed by atoms with Crippen molar-refractivity contribution in [1.82, 2.24) is 15.8 Å². The molecule has 0 saturated carbocycles. The summed E-state index contributed by atoms with van der Waals surface area (Å²) in [5, 5.41) is 4.35. The van der Waals surface area contributed by atoms with Gasteiger partial charge in [0, 0.05) is 34.3 Å². The van der Waals surface area contributed by atoms with Crippen molar-refractivity contribution in [2.45, 2.75) is 89.6 Å². The highest BCUT2D eigenvalue weighted by Crippen LogP contribution is 2.16. The summed E-state index contributed by atoms with van der Waals surface area (Å²) >= 11 is 0. The molecule has 1 aliphatic heterocycles. The Hall–Kier alpha value is -1.77. The molecule has 9 nitrogen and oxygen atoms in total. The van der Waals surface area contributed by atoms with Gasteiger partial charge in [0.05, 0.1) is 12.6 Å². The van der Waals surface area contributed by atoms with E-state index >= 15 is 0 Å². The van der Waals surface area contributed by atoms with Crippen LogP contribution in [0.4, 0.5) is 4.79 Å². The SMILES string of the molecule is CCOC(OCCCC(=O)N1C[C@@H](OCOCC[Si](C)(C)C)[C@@H](Cc2ccccc2)NC(=O)N1)[Si](C)(C)C. The first kappa shape index (κ1) is 32.4. The first-order chi connectivity index (χ1) is 17.9. The van der Waals surface area contributed by atoms with Gasteiger partial charge in [-0.25, -0.2) is 15.2 Å². The summed E-state index contributed by atoms with van der Waals surface area (Å²) in [6.07, 6.45) is 0.925. The fourth-order valence-electron chi connectivity index (χ4n) is 3.97. The summed E-state index contributed by atoms with van der Waals surface area (Å²) in [7, 11) is -2.85. The maximum atomic E-state index is 13.1. The quantitative estimate of drug-likeness (QED) is 0.175. The molecule has 0 aromatic heterocycles. The molecule has 1 fully saturated rings. The van der Waals surface area contributed by atoms with Crippen molar-refractivity contribution in [1.29, 1.82) is 0 Å². The average Bonchev–Trinajstić information content (AvgIpc) is 2.98. The molecular formula is C27H49N3O6Si2. The van der Waals surface area contributed by atoms with Crippen molar-refractivity contribution >= 4 is 28.1 Å². The highest BCUT2D eigenvalue weighted by molar-refractivity contribution is 6.77. The number of nitrogens with one attached hydrogen (secondary N) is 2. The van der Waals surface area contributed by atoms with Crippen LogP contribution in [0, 0.1) is 0 Å². The number of nitrogens with zero attached hydrogens (tertiary/aromatic N) is 1. The summed E-state index contributed by atoms with van der Waals surface area (Å²) in [5.74, 6) is -0.388. The molecule has 1 saturated heterocycles. The van der Waals surface area contributed by atoms with Gasteiger partial charge in [-0.3, -0.25) is 4.79 Å². The number of benzene rings is 1. The third-order valence-electron chi connectivity index (χ3n) is 6.15. The van der Waals surface area contributed by atoms with Gasteiger partial charge in [0.15, 0.2) is 0 Å². The number of hydrogen-bond donors (Lipinski definition) is 2. The van der Waals surface area contributed by atoms with E-state index in [4.69, 9.17) is 18.9 Å². The van der Waals surface area contributed by atoms with Gasteiger partial charge in [0.1, 0.15) is 26.9 Å². The molecule has 0 radical (unpaired) electrons. The second-order valence-electron chi connectivity index (χ2n) is 12.1. The Kier molecular flexibility index (Phi) is 13.4. The van der Waals surface area contributed by atoms with Gasteiger partial charge in [-0.15, -0.1) is 0 Å². The van der Waals surface area contributed by atoms with E-state index in [-0.39, 0.29) is 37.6 Å². The fraction of sp³-hybridized carbons (Fsp3) is 0.704. The van der Waals surface area contributed by atoms with E-state index in [1.165, 1.54) is 5.01 Å². The molecule has 1 aromatic carbocycles. The lowest BCUT2D eigenvalue weighted by Crippen LogP contribution is -2.48. The molecule has 0 bridgehead atoms. The summed E-state index contributed by atoms with van der Waals surface area (Å²) in [4.78, 5) is 25.8. The Morgan fingerprint density at radius 1 is 1.08 bits per heavy atom. The predicted molar refractivity (Wildman–Crippen MR) is 155 cm³/mol. The Morgan fingerprint density at radius 2 is 1.79 bits per heavy atom. The number of urea groups is 1. The second-order valence-corrected chi connectivity index (χ2v) is 22.9. The lowest BCUT2D eigenvalue weighted by Gasteiger charge is -2.29. The van der Waals surface area contributed by atoms with Gasteiger partial charge in [-0.05, 0) is 31.4 Å². The second kappa shape index (κ2) is 15.7. The van der Waals surface area contributed by atoms with E-state index in [1.807, 2.05) is 37.3 Å². The minimum Gasteiger partial charge on any atom is -0.357 e. The Morgan fingerprint density at radius 3 is 2.42 bits per heavy atom. The Labute approximate surface area is 230 Å². The number of ether oxygens (including phenoxy) is 4. The monoisotopic (exact) mass is 567 g/mol. The fourth-order valence-corrected chi connectivity index (χ4v) is 6.01. The third-order valence-corrected chi connectivity index (χ3v) is 9.61. The minimum absolute atomic E-state index is 0.113. The van der Waals surface area contributed by atoms with Gasteiger partial charge < -0.3 is 24.3 Å². The zero-order chi connectivity index (χ0) is 28.2. The van der Waals surface area contributed by atoms with Crippen LogP contribution in [0.3, 0.4) is 0 Å². The molecule has 0 spiro atoms. The van der Waals surface area contributed by atoms with Crippen LogP contribution >= 0.6 is 0 Å². The zero-order valence-electron chi connectivity index (χ0n) is 24.4. The van der Waals surface area contributed by atoms with Crippen molar-refractivity contribution in [2.75, 3.05) is 33.2 Å². The standard InChI is InChI=1S/C27H49N3O6Si2/c1-8-34-27(38(5,6)7)35-16-12-15-25(31)30-20-24(36-21-33-17-18-37(2,3)4)23(28-26(32)29-30)19-22-13-10-9-11-14-22/h9-11,13-14,23-24,27H,8,12,15-21H2,1-7H3,(H2,28,29,32)/t23-,24-,27?/m1/s1. The van der Waals surface area contributed by atoms with Crippen LogP contribution in [0.1, 0.15) is 25.3 Å². The van der Waals surface area contributed by atoms with Crippen molar-refractivity contribution in [3.05, 3.63) is 35.9 Å². The summed E-state index contributed by atoms with van der Waals surface area (Å²) in [6, 6.07) is 10.2. The van der Waals surface area contributed by atoms with Crippen LogP contribution in [-0.2, 0) is 30.2 Å². The lowest BCUT2D eigenvalue weighted by molar-refractivity contribution is -0.140. The van der Waals surface area contributed by atoms with E-state index in [9.17, 15) is 9.59 Å². The number of carbonyl (C=O) groups excluding carboxylic acids is 2. The summed E-state index contributed by atoms with van der Waals surface area (Å²) < 4.78 is 23.6. The topological polar surface area (TPSA) is 98.4 Å². The maximum Gasteiger partial charge on any atom is 0.333 e. The maximum absolute atomic E-state index is 13.1. The number of rotatable bonds is 16. The normalized spacial score (nSPS) is 19.4. The Balaban J connectivity index is 1.98. The molecule has 2 N–H and O–H groups in total. The minimum atomic E-state index is -1.64. The van der Waals surface area contributed by atoms with Gasteiger partial charge >= 0.3 is 6.03 Å². The highest BCUT2D eigenvalue weighted by atomic mass is 28.3. The largest absolute Gasteiger partial charge is 0.357 e. The molecule has 3 amide bonds. The highest BCUT2D eigenvalue weighted by Gasteiger charge is 2.33. The number of amides is 3. The molecule has 1 aromatic rings. The Bertz CT molecular complexity index is 847. The van der Waals surface area contributed by atoms with Crippen molar-refractivity contribution in [3.8, 4) is 0 Å². The first-order valence-corrected chi connectivity index (χ1v) is 21.0. The third kappa shape index (κ3) is 12.4. The number of carbonyl (C=O) groups is 2. The van der Waals surface area contributed by atoms with E-state index in [0.29, 0.717) is 32.7 Å². The molecule has 1 unspecified atom stereocenters. The van der Waals surface area contributed by atoms with Crippen LogP contribution in [0.2, 0.25) is 45.3 Å². The van der Waals surface area contributed by atoms with Gasteiger partial charge in [0.25, 0.3) is 0 Å². The van der Waals surface area contributed by atoms with E-state index in [1.54, 1.807) is 0 Å². The summed E-state index contributed by atoms with van der Waals surface area (Å²) in [5.41, 5.74) is 3.78. The first-order valence-electron chi connectivity index (χ1n) is 13.7. The molecular weight excluding hydrogens is 518 g/mol. The van der Waals surface area contributed by atoms with Crippen LogP contribution in [-0.4, -0.2) is 84.3 Å². The van der Waals surface area contributed by atoms with E-state index < -0.39 is 28.3 Å². The molecule has 1 heterocycles. The average molecular weight is 568 g/mol. The van der Waals surface area contributed by atoms with Gasteiger partial charge in [0.2, 0.25) is 5.91 Å². The molecule has 3 atom stereocenters. The van der Waals surface area contributed by atoms with Gasteiger partial charge in [-0.1, -0.05) is 69.6 Å². The van der Waals surface area contributed by atoms with Crippen LogP contribution in [0.5, 0.6) is 0 Å². The lowest BCUT2D eigenvalue weighted by atomic mass is 10.0. The van der Waals surface area contributed by atoms with E-state index in [2.05, 4.69) is 50.0 Å².